The van der Waals surface area contributed by atoms with Crippen molar-refractivity contribution in [3.05, 3.63) is 46.0 Å². The summed E-state index contributed by atoms with van der Waals surface area (Å²) in [5.41, 5.74) is -0.734. The van der Waals surface area contributed by atoms with Gasteiger partial charge in [-0.05, 0) is 44.0 Å². The van der Waals surface area contributed by atoms with Gasteiger partial charge in [-0.25, -0.2) is 4.79 Å². The second kappa shape index (κ2) is 8.02. The Bertz CT molecular complexity index is 899. The zero-order valence-electron chi connectivity index (χ0n) is 16.5. The van der Waals surface area contributed by atoms with Crippen LogP contribution in [0.25, 0.3) is 0 Å². The molecule has 2 fully saturated rings. The summed E-state index contributed by atoms with van der Waals surface area (Å²) in [6.07, 6.45) is 4.93. The number of nitrogens with zero attached hydrogens (tertiary/aromatic N) is 2. The Morgan fingerprint density at radius 1 is 1.24 bits per heavy atom. The Kier molecular flexibility index (Phi) is 5.45. The van der Waals surface area contributed by atoms with E-state index in [1.807, 2.05) is 25.1 Å². The van der Waals surface area contributed by atoms with Crippen LogP contribution >= 0.6 is 11.3 Å². The molecule has 0 unspecified atom stereocenters. The lowest BCUT2D eigenvalue weighted by Crippen LogP contribution is -2.44. The third-order valence-corrected chi connectivity index (χ3v) is 6.66. The summed E-state index contributed by atoms with van der Waals surface area (Å²) in [6.45, 7) is 2.96. The Balaban J connectivity index is 1.42. The van der Waals surface area contributed by atoms with Gasteiger partial charge in [-0.3, -0.25) is 14.5 Å². The van der Waals surface area contributed by atoms with E-state index in [0.29, 0.717) is 31.7 Å². The normalized spacial score (nSPS) is 17.9. The molecule has 1 saturated heterocycles. The fourth-order valence-electron chi connectivity index (χ4n) is 4.14. The molecule has 1 saturated carbocycles. The smallest absolute Gasteiger partial charge is 0.325 e. The number of furan rings is 1. The highest BCUT2D eigenvalue weighted by molar-refractivity contribution is 7.11. The van der Waals surface area contributed by atoms with Crippen molar-refractivity contribution in [2.75, 3.05) is 6.54 Å². The number of rotatable bonds is 7. The van der Waals surface area contributed by atoms with Gasteiger partial charge in [-0.15, -0.1) is 11.3 Å². The molecule has 29 heavy (non-hydrogen) atoms. The van der Waals surface area contributed by atoms with Crippen molar-refractivity contribution in [1.82, 2.24) is 15.1 Å². The van der Waals surface area contributed by atoms with Crippen LogP contribution in [-0.2, 0) is 22.7 Å². The topological polar surface area (TPSA) is 82.9 Å². The average molecular weight is 416 g/mol. The molecular formula is C21H25N3O4S. The lowest BCUT2D eigenvalue weighted by Gasteiger charge is -2.23. The molecule has 3 heterocycles. The summed E-state index contributed by atoms with van der Waals surface area (Å²) in [6, 6.07) is 7.30. The molecule has 0 radical (unpaired) electrons. The van der Waals surface area contributed by atoms with Crippen LogP contribution in [0, 0.1) is 6.92 Å². The number of carbonyl (C=O) groups excluding carboxylic acids is 3. The van der Waals surface area contributed by atoms with Crippen molar-refractivity contribution in [2.45, 2.75) is 57.7 Å². The number of hydrogen-bond acceptors (Lipinski definition) is 5. The Labute approximate surface area is 173 Å². The molecule has 8 heteroatoms. The van der Waals surface area contributed by atoms with Crippen molar-refractivity contribution in [3.63, 3.8) is 0 Å². The summed E-state index contributed by atoms with van der Waals surface area (Å²) in [5, 5.41) is 2.86. The second-order valence-corrected chi connectivity index (χ2v) is 9.14. The van der Waals surface area contributed by atoms with Crippen LogP contribution in [0.3, 0.4) is 0 Å². The highest BCUT2D eigenvalue weighted by Crippen LogP contribution is 2.35. The third kappa shape index (κ3) is 4.07. The van der Waals surface area contributed by atoms with E-state index in [1.54, 1.807) is 28.6 Å². The lowest BCUT2D eigenvalue weighted by molar-refractivity contribution is -0.134. The maximum Gasteiger partial charge on any atom is 0.325 e. The van der Waals surface area contributed by atoms with Crippen LogP contribution in [0.4, 0.5) is 4.79 Å². The molecule has 154 valence electrons. The summed E-state index contributed by atoms with van der Waals surface area (Å²) in [7, 11) is 0. The van der Waals surface area contributed by atoms with Crippen molar-refractivity contribution < 1.29 is 18.8 Å². The molecule has 2 aromatic rings. The fraction of sp³-hybridized carbons (Fsp3) is 0.476. The van der Waals surface area contributed by atoms with Crippen LogP contribution in [0.15, 0.2) is 34.9 Å². The van der Waals surface area contributed by atoms with Crippen LogP contribution < -0.4 is 5.32 Å². The number of imide groups is 1. The summed E-state index contributed by atoms with van der Waals surface area (Å²) >= 11 is 1.65. The molecule has 0 atom stereocenters. The first-order valence-electron chi connectivity index (χ1n) is 9.96. The van der Waals surface area contributed by atoms with Crippen molar-refractivity contribution in [1.29, 1.82) is 0 Å². The lowest BCUT2D eigenvalue weighted by atomic mass is 9.98. The zero-order valence-corrected chi connectivity index (χ0v) is 17.3. The van der Waals surface area contributed by atoms with E-state index in [0.717, 1.165) is 17.7 Å². The molecular weight excluding hydrogens is 390 g/mol. The standard InChI is InChI=1S/C21H25N3O4S/c1-15-6-7-17(29-15)14-23(13-16-5-4-12-28-16)18(25)8-11-24-19(26)21(22-20(24)27)9-2-3-10-21/h4-7,12H,2-3,8-11,13-14H2,1H3,(H,22,27). The van der Waals surface area contributed by atoms with Gasteiger partial charge in [0.15, 0.2) is 0 Å². The molecule has 0 bridgehead atoms. The van der Waals surface area contributed by atoms with Crippen molar-refractivity contribution >= 4 is 29.2 Å². The Morgan fingerprint density at radius 3 is 2.69 bits per heavy atom. The van der Waals surface area contributed by atoms with E-state index >= 15 is 0 Å². The molecule has 0 aromatic carbocycles. The minimum atomic E-state index is -0.734. The highest BCUT2D eigenvalue weighted by atomic mass is 32.1. The van der Waals surface area contributed by atoms with Gasteiger partial charge in [0.1, 0.15) is 11.3 Å². The van der Waals surface area contributed by atoms with Gasteiger partial charge < -0.3 is 14.6 Å². The monoisotopic (exact) mass is 415 g/mol. The minimum Gasteiger partial charge on any atom is -0.467 e. The van der Waals surface area contributed by atoms with E-state index in [1.165, 1.54) is 9.78 Å². The van der Waals surface area contributed by atoms with Gasteiger partial charge in [0.25, 0.3) is 5.91 Å². The number of thiophene rings is 1. The molecule has 2 aliphatic rings. The Morgan fingerprint density at radius 2 is 2.03 bits per heavy atom. The number of urea groups is 1. The first-order valence-corrected chi connectivity index (χ1v) is 10.8. The predicted octanol–water partition coefficient (Wildman–Crippen LogP) is 3.43. The summed E-state index contributed by atoms with van der Waals surface area (Å²) in [4.78, 5) is 43.3. The Hall–Kier alpha value is -2.61. The van der Waals surface area contributed by atoms with Crippen LogP contribution in [0.1, 0.15) is 47.6 Å². The molecule has 1 spiro atoms. The first-order chi connectivity index (χ1) is 14.0. The van der Waals surface area contributed by atoms with Gasteiger partial charge in [0.2, 0.25) is 5.91 Å². The van der Waals surface area contributed by atoms with Gasteiger partial charge in [-0.2, -0.15) is 0 Å². The summed E-state index contributed by atoms with van der Waals surface area (Å²) < 4.78 is 5.41. The van der Waals surface area contributed by atoms with Crippen molar-refractivity contribution in [2.24, 2.45) is 0 Å². The number of nitrogens with one attached hydrogen (secondary N) is 1. The molecule has 1 N–H and O–H groups in total. The van der Waals surface area contributed by atoms with Gasteiger partial charge in [0.05, 0.1) is 19.4 Å². The predicted molar refractivity (Wildman–Crippen MR) is 108 cm³/mol. The van der Waals surface area contributed by atoms with E-state index in [-0.39, 0.29) is 30.8 Å². The summed E-state index contributed by atoms with van der Waals surface area (Å²) in [5.74, 6) is 0.409. The molecule has 4 amide bonds. The maximum absolute atomic E-state index is 13.0. The molecule has 1 aliphatic heterocycles. The molecule has 2 aromatic heterocycles. The maximum atomic E-state index is 13.0. The third-order valence-electron chi connectivity index (χ3n) is 5.67. The van der Waals surface area contributed by atoms with Crippen LogP contribution in [0.2, 0.25) is 0 Å². The van der Waals surface area contributed by atoms with Gasteiger partial charge >= 0.3 is 6.03 Å². The average Bonchev–Trinajstić information content (AvgIpc) is 3.46. The van der Waals surface area contributed by atoms with Gasteiger partial charge in [0, 0.05) is 22.7 Å². The zero-order chi connectivity index (χ0) is 20.4. The number of amides is 4. The van der Waals surface area contributed by atoms with E-state index < -0.39 is 5.54 Å². The van der Waals surface area contributed by atoms with E-state index in [4.69, 9.17) is 4.42 Å². The van der Waals surface area contributed by atoms with Gasteiger partial charge in [-0.1, -0.05) is 12.8 Å². The van der Waals surface area contributed by atoms with Crippen LogP contribution in [-0.4, -0.2) is 39.7 Å². The fourth-order valence-corrected chi connectivity index (χ4v) is 5.05. The SMILES string of the molecule is Cc1ccc(CN(Cc2ccco2)C(=O)CCN2C(=O)NC3(CCCC3)C2=O)s1. The quantitative estimate of drug-likeness (QED) is 0.703. The van der Waals surface area contributed by atoms with Crippen molar-refractivity contribution in [3.8, 4) is 0 Å². The molecule has 7 nitrogen and oxygen atoms in total. The van der Waals surface area contributed by atoms with E-state index in [9.17, 15) is 14.4 Å². The number of carbonyl (C=O) groups is 3. The first kappa shape index (κ1) is 19.7. The number of aryl methyl sites for hydroxylation is 1. The second-order valence-electron chi connectivity index (χ2n) is 7.77. The largest absolute Gasteiger partial charge is 0.467 e. The molecule has 4 rings (SSSR count). The van der Waals surface area contributed by atoms with Crippen LogP contribution in [0.5, 0.6) is 0 Å². The molecule has 1 aliphatic carbocycles. The minimum absolute atomic E-state index is 0.0975. The highest BCUT2D eigenvalue weighted by Gasteiger charge is 2.52. The van der Waals surface area contributed by atoms with E-state index in [2.05, 4.69) is 5.32 Å². The number of hydrogen-bond donors (Lipinski definition) is 1.